The summed E-state index contributed by atoms with van der Waals surface area (Å²) in [6.07, 6.45) is 4.84. The van der Waals surface area contributed by atoms with Crippen molar-refractivity contribution in [2.24, 2.45) is 5.92 Å². The number of hydrogen-bond acceptors (Lipinski definition) is 8. The van der Waals surface area contributed by atoms with Gasteiger partial charge in [0.15, 0.2) is 5.78 Å². The fraction of sp³-hybridized carbons (Fsp3) is 0.444. The Hall–Kier alpha value is -4.15. The number of aromatic nitrogens is 3. The van der Waals surface area contributed by atoms with Crippen molar-refractivity contribution < 1.29 is 28.2 Å². The first-order valence-corrected chi connectivity index (χ1v) is 16.2. The number of pyridine rings is 1. The first kappa shape index (κ1) is 30.5. The van der Waals surface area contributed by atoms with Crippen molar-refractivity contribution in [3.63, 3.8) is 0 Å². The molecule has 1 aliphatic carbocycles. The third-order valence-corrected chi connectivity index (χ3v) is 9.53. The molecule has 7 rings (SSSR count). The zero-order chi connectivity index (χ0) is 31.8. The molecule has 46 heavy (non-hydrogen) atoms. The summed E-state index contributed by atoms with van der Waals surface area (Å²) in [4.78, 5) is 36.8. The minimum Gasteiger partial charge on any atom is -0.473 e. The number of likely N-dealkylation sites (tertiary alicyclic amines) is 1. The van der Waals surface area contributed by atoms with Crippen LogP contribution < -0.4 is 4.74 Å². The molecule has 0 N–H and O–H groups in total. The maximum absolute atomic E-state index is 14.9. The molecule has 2 aliphatic heterocycles. The average molecular weight is 627 g/mol. The van der Waals surface area contributed by atoms with Crippen LogP contribution in [-0.2, 0) is 29.2 Å². The molecule has 0 bridgehead atoms. The predicted molar refractivity (Wildman–Crippen MR) is 169 cm³/mol. The van der Waals surface area contributed by atoms with E-state index in [-0.39, 0.29) is 36.3 Å². The Morgan fingerprint density at radius 2 is 1.83 bits per heavy atom. The van der Waals surface area contributed by atoms with Crippen LogP contribution in [0.15, 0.2) is 48.5 Å². The number of methoxy groups -OCH3 is 1. The quantitative estimate of drug-likeness (QED) is 0.148. The SMILES string of the molecule is COC(=O)c1ccc2nc(CN3CCC(c4cccc(OCc5cc(C)c(C(=O)C6CC6)cc5F)n4)CC3)n(CC3CCO3)c2c1. The molecular formula is C36H39FN4O5. The van der Waals surface area contributed by atoms with Crippen molar-refractivity contribution in [3.05, 3.63) is 88.1 Å². The van der Waals surface area contributed by atoms with Crippen LogP contribution in [-0.4, -0.2) is 64.1 Å². The highest BCUT2D eigenvalue weighted by atomic mass is 19.1. The number of carbonyl (C=O) groups is 2. The molecule has 4 aromatic rings. The summed E-state index contributed by atoms with van der Waals surface area (Å²) >= 11 is 0. The van der Waals surface area contributed by atoms with Gasteiger partial charge in [-0.05, 0) is 94.1 Å². The number of nitrogens with zero attached hydrogens (tertiary/aromatic N) is 4. The van der Waals surface area contributed by atoms with E-state index in [0.717, 1.165) is 79.9 Å². The van der Waals surface area contributed by atoms with Crippen molar-refractivity contribution >= 4 is 22.8 Å². The van der Waals surface area contributed by atoms with Crippen LogP contribution in [0.5, 0.6) is 5.88 Å². The van der Waals surface area contributed by atoms with E-state index in [0.29, 0.717) is 35.7 Å². The Morgan fingerprint density at radius 1 is 1.02 bits per heavy atom. The molecule has 3 fully saturated rings. The summed E-state index contributed by atoms with van der Waals surface area (Å²) in [7, 11) is 1.39. The predicted octanol–water partition coefficient (Wildman–Crippen LogP) is 6.01. The lowest BCUT2D eigenvalue weighted by Gasteiger charge is -2.32. The van der Waals surface area contributed by atoms with Gasteiger partial charge in [0, 0.05) is 41.3 Å². The van der Waals surface area contributed by atoms with Gasteiger partial charge >= 0.3 is 5.97 Å². The molecule has 2 aromatic carbocycles. The molecule has 0 spiro atoms. The lowest BCUT2D eigenvalue weighted by molar-refractivity contribution is -0.0592. The van der Waals surface area contributed by atoms with Crippen LogP contribution in [0.1, 0.15) is 81.4 Å². The number of fused-ring (bicyclic) bond motifs is 1. The molecule has 1 unspecified atom stereocenters. The van der Waals surface area contributed by atoms with Crippen molar-refractivity contribution in [3.8, 4) is 5.88 Å². The van der Waals surface area contributed by atoms with E-state index in [1.54, 1.807) is 18.2 Å². The van der Waals surface area contributed by atoms with E-state index in [1.807, 2.05) is 31.2 Å². The highest BCUT2D eigenvalue weighted by molar-refractivity contribution is 6.00. The highest BCUT2D eigenvalue weighted by Crippen LogP contribution is 2.34. The summed E-state index contributed by atoms with van der Waals surface area (Å²) in [6.45, 7) is 5.87. The van der Waals surface area contributed by atoms with Gasteiger partial charge in [-0.2, -0.15) is 0 Å². The number of imidazole rings is 1. The summed E-state index contributed by atoms with van der Waals surface area (Å²) in [6, 6.07) is 14.4. The van der Waals surface area contributed by atoms with E-state index < -0.39 is 5.82 Å². The largest absolute Gasteiger partial charge is 0.473 e. The van der Waals surface area contributed by atoms with Crippen LogP contribution in [0.2, 0.25) is 0 Å². The van der Waals surface area contributed by atoms with Crippen LogP contribution in [0.25, 0.3) is 11.0 Å². The lowest BCUT2D eigenvalue weighted by Crippen LogP contribution is -2.35. The maximum atomic E-state index is 14.9. The number of ketones is 1. The van der Waals surface area contributed by atoms with Gasteiger partial charge in [-0.1, -0.05) is 6.07 Å². The molecule has 1 saturated carbocycles. The van der Waals surface area contributed by atoms with Crippen LogP contribution >= 0.6 is 0 Å². The van der Waals surface area contributed by atoms with Gasteiger partial charge in [0.1, 0.15) is 18.2 Å². The van der Waals surface area contributed by atoms with Gasteiger partial charge < -0.3 is 18.8 Å². The summed E-state index contributed by atoms with van der Waals surface area (Å²) in [5.41, 5.74) is 4.94. The molecule has 3 aliphatic rings. The second-order valence-electron chi connectivity index (χ2n) is 12.8. The molecule has 9 nitrogen and oxygen atoms in total. The Labute approximate surface area is 267 Å². The summed E-state index contributed by atoms with van der Waals surface area (Å²) in [5, 5.41) is 0. The molecule has 2 aromatic heterocycles. The van der Waals surface area contributed by atoms with Gasteiger partial charge in [0.2, 0.25) is 5.88 Å². The average Bonchev–Trinajstić information content (AvgIpc) is 3.85. The third kappa shape index (κ3) is 6.41. The first-order valence-electron chi connectivity index (χ1n) is 16.2. The number of halogens is 1. The van der Waals surface area contributed by atoms with Crippen LogP contribution in [0, 0.1) is 18.7 Å². The molecular weight excluding hydrogens is 587 g/mol. The molecule has 0 amide bonds. The minimum absolute atomic E-state index is 0.0421. The summed E-state index contributed by atoms with van der Waals surface area (Å²) < 4.78 is 33.7. The Morgan fingerprint density at radius 3 is 2.54 bits per heavy atom. The van der Waals surface area contributed by atoms with Crippen LogP contribution in [0.3, 0.4) is 0 Å². The standard InChI is InChI=1S/C36H39FN4O5/c1-22-16-26(29(37)18-28(22)35(42)24-6-7-24)21-46-34-5-3-4-30(39-34)23-10-13-40(14-11-23)20-33-38-31-9-8-25(36(43)44-2)17-32(31)41(33)19-27-12-15-45-27/h3-5,8-9,16-18,23-24,27H,6-7,10-15,19-21H2,1-2H3. The smallest absolute Gasteiger partial charge is 0.337 e. The molecule has 0 radical (unpaired) electrons. The van der Waals surface area contributed by atoms with Gasteiger partial charge in [-0.15, -0.1) is 0 Å². The van der Waals surface area contributed by atoms with Crippen molar-refractivity contribution in [1.29, 1.82) is 0 Å². The highest BCUT2D eigenvalue weighted by Gasteiger charge is 2.32. The Kier molecular flexibility index (Phi) is 8.57. The fourth-order valence-corrected chi connectivity index (χ4v) is 6.53. The monoisotopic (exact) mass is 626 g/mol. The third-order valence-electron chi connectivity index (χ3n) is 9.53. The maximum Gasteiger partial charge on any atom is 0.337 e. The van der Waals surface area contributed by atoms with Crippen molar-refractivity contribution in [2.75, 3.05) is 26.8 Å². The molecule has 4 heterocycles. The number of Topliss-reactive ketones (excluding diaryl/α,β-unsaturated/α-hetero) is 1. The molecule has 240 valence electrons. The first-order chi connectivity index (χ1) is 22.4. The normalized spacial score (nSPS) is 18.8. The number of aryl methyl sites for hydroxylation is 1. The molecule has 1 atom stereocenters. The zero-order valence-electron chi connectivity index (χ0n) is 26.3. The molecule has 10 heteroatoms. The zero-order valence-corrected chi connectivity index (χ0v) is 26.3. The minimum atomic E-state index is -0.421. The number of carbonyl (C=O) groups excluding carboxylic acids is 2. The van der Waals surface area contributed by atoms with E-state index in [1.165, 1.54) is 13.2 Å². The van der Waals surface area contributed by atoms with E-state index in [9.17, 15) is 14.0 Å². The van der Waals surface area contributed by atoms with Crippen molar-refractivity contribution in [2.45, 2.75) is 70.7 Å². The van der Waals surface area contributed by atoms with E-state index in [4.69, 9.17) is 24.2 Å². The number of esters is 1. The Bertz CT molecular complexity index is 1770. The lowest BCUT2D eigenvalue weighted by atomic mass is 9.93. The number of hydrogen-bond donors (Lipinski definition) is 0. The van der Waals surface area contributed by atoms with Crippen molar-refractivity contribution in [1.82, 2.24) is 19.4 Å². The van der Waals surface area contributed by atoms with Gasteiger partial charge in [-0.3, -0.25) is 9.69 Å². The van der Waals surface area contributed by atoms with Gasteiger partial charge in [0.05, 0.1) is 42.9 Å². The number of benzene rings is 2. The van der Waals surface area contributed by atoms with E-state index in [2.05, 4.69) is 9.47 Å². The molecule has 2 saturated heterocycles. The van der Waals surface area contributed by atoms with Gasteiger partial charge in [-0.25, -0.2) is 19.2 Å². The van der Waals surface area contributed by atoms with Gasteiger partial charge in [0.25, 0.3) is 0 Å². The topological polar surface area (TPSA) is 95.8 Å². The summed E-state index contributed by atoms with van der Waals surface area (Å²) in [5.74, 6) is 1.03. The number of rotatable bonds is 11. The number of piperidine rings is 1. The second-order valence-corrected chi connectivity index (χ2v) is 12.8. The second kappa shape index (κ2) is 12.9. The Balaban J connectivity index is 0.989. The number of ether oxygens (including phenoxy) is 3. The fourth-order valence-electron chi connectivity index (χ4n) is 6.53. The van der Waals surface area contributed by atoms with Crippen LogP contribution in [0.4, 0.5) is 4.39 Å². The van der Waals surface area contributed by atoms with E-state index >= 15 is 0 Å².